The van der Waals surface area contributed by atoms with Gasteiger partial charge in [0.1, 0.15) is 0 Å². The number of carbonyl (C=O) groups excluding carboxylic acids is 1. The van der Waals surface area contributed by atoms with Crippen LogP contribution in [-0.2, 0) is 4.79 Å². The van der Waals surface area contributed by atoms with E-state index in [-0.39, 0.29) is 5.91 Å². The molecule has 3 heteroatoms. The Morgan fingerprint density at radius 3 is 2.81 bits per heavy atom. The van der Waals surface area contributed by atoms with E-state index in [1.807, 2.05) is 18.2 Å². The molecule has 0 aromatic heterocycles. The first-order chi connectivity index (χ1) is 12.7. The fourth-order valence-electron chi connectivity index (χ4n) is 6.21. The molecule has 0 bridgehead atoms. The van der Waals surface area contributed by atoms with Gasteiger partial charge in [-0.25, -0.2) is 0 Å². The lowest BCUT2D eigenvalue weighted by Crippen LogP contribution is -2.48. The summed E-state index contributed by atoms with van der Waals surface area (Å²) in [5, 5.41) is 3.55. The van der Waals surface area contributed by atoms with Crippen molar-refractivity contribution in [3.8, 4) is 0 Å². The van der Waals surface area contributed by atoms with Crippen LogP contribution in [0.4, 0.5) is 5.69 Å². The van der Waals surface area contributed by atoms with E-state index >= 15 is 0 Å². The minimum absolute atomic E-state index is 0.0266. The van der Waals surface area contributed by atoms with Gasteiger partial charge in [0.2, 0.25) is 0 Å². The molecular formula is C24H30ClNO. The number of para-hydroxylation sites is 1. The van der Waals surface area contributed by atoms with E-state index in [1.165, 1.54) is 31.3 Å². The third-order valence-corrected chi connectivity index (χ3v) is 7.96. The molecule has 2 aliphatic carbocycles. The van der Waals surface area contributed by atoms with Crippen molar-refractivity contribution in [2.45, 2.75) is 59.8 Å². The average Bonchev–Trinajstić information content (AvgIpc) is 2.91. The highest BCUT2D eigenvalue weighted by Gasteiger charge is 2.51. The van der Waals surface area contributed by atoms with E-state index in [0.717, 1.165) is 23.2 Å². The number of carbonyl (C=O) groups is 1. The van der Waals surface area contributed by atoms with Gasteiger partial charge < -0.3 is 5.32 Å². The molecule has 1 aromatic carbocycles. The van der Waals surface area contributed by atoms with Crippen LogP contribution in [0.5, 0.6) is 0 Å². The van der Waals surface area contributed by atoms with Crippen LogP contribution in [0.1, 0.15) is 65.4 Å². The largest absolute Gasteiger partial charge is 0.320 e. The molecule has 1 heterocycles. The number of fused-ring (bicyclic) bond motifs is 2. The first-order valence-corrected chi connectivity index (χ1v) is 10.6. The van der Waals surface area contributed by atoms with E-state index < -0.39 is 0 Å². The topological polar surface area (TPSA) is 29.1 Å². The van der Waals surface area contributed by atoms with Crippen LogP contribution in [0, 0.1) is 22.7 Å². The van der Waals surface area contributed by atoms with E-state index in [2.05, 4.69) is 45.2 Å². The maximum absolute atomic E-state index is 12.6. The van der Waals surface area contributed by atoms with Gasteiger partial charge in [0.05, 0.1) is 10.7 Å². The maximum Gasteiger partial charge on any atom is 0.256 e. The summed E-state index contributed by atoms with van der Waals surface area (Å²) in [6.45, 7) is 9.67. The van der Waals surface area contributed by atoms with E-state index in [0.29, 0.717) is 27.7 Å². The van der Waals surface area contributed by atoms with Crippen molar-refractivity contribution in [3.05, 3.63) is 46.5 Å². The second-order valence-corrected chi connectivity index (χ2v) is 10.0. The minimum atomic E-state index is -0.0266. The molecule has 3 aliphatic rings. The fourth-order valence-corrected chi connectivity index (χ4v) is 6.43. The summed E-state index contributed by atoms with van der Waals surface area (Å²) in [6, 6.07) is 5.73. The number of benzene rings is 1. The van der Waals surface area contributed by atoms with Gasteiger partial charge >= 0.3 is 0 Å². The molecule has 144 valence electrons. The number of nitrogens with one attached hydrogen (secondary N) is 1. The number of amides is 1. The Kier molecular flexibility index (Phi) is 4.54. The van der Waals surface area contributed by atoms with Crippen LogP contribution >= 0.6 is 11.6 Å². The second kappa shape index (κ2) is 6.51. The zero-order valence-corrected chi connectivity index (χ0v) is 17.6. The highest BCUT2D eigenvalue weighted by molar-refractivity contribution is 6.39. The first kappa shape index (κ1) is 18.8. The highest BCUT2D eigenvalue weighted by atomic mass is 35.5. The van der Waals surface area contributed by atoms with Crippen LogP contribution in [0.15, 0.2) is 35.9 Å². The monoisotopic (exact) mass is 383 g/mol. The van der Waals surface area contributed by atoms with Crippen molar-refractivity contribution in [2.75, 3.05) is 5.32 Å². The molecular weight excluding hydrogens is 354 g/mol. The summed E-state index contributed by atoms with van der Waals surface area (Å²) in [6.07, 6.45) is 10.6. The molecule has 2 nitrogen and oxygen atoms in total. The Morgan fingerprint density at radius 2 is 2.04 bits per heavy atom. The number of allylic oxidation sites excluding steroid dienone is 3. The van der Waals surface area contributed by atoms with E-state index in [9.17, 15) is 4.79 Å². The van der Waals surface area contributed by atoms with Crippen LogP contribution in [0.25, 0.3) is 5.57 Å². The summed E-state index contributed by atoms with van der Waals surface area (Å²) in [5.74, 6) is 1.19. The molecule has 0 spiro atoms. The molecule has 0 radical (unpaired) electrons. The van der Waals surface area contributed by atoms with Gasteiger partial charge in [-0.2, -0.15) is 0 Å². The molecule has 1 aliphatic heterocycles. The SMILES string of the molecule is CC1=CC[C@H]2C(C)(C)CCC[C@]2(C)[C@H]1C/C=C1/C(=O)Nc2c(Cl)cccc21. The molecule has 1 amide bonds. The summed E-state index contributed by atoms with van der Waals surface area (Å²) < 4.78 is 0. The van der Waals surface area contributed by atoms with Crippen LogP contribution in [-0.4, -0.2) is 5.91 Å². The van der Waals surface area contributed by atoms with Gasteiger partial charge in [0.15, 0.2) is 0 Å². The minimum Gasteiger partial charge on any atom is -0.320 e. The molecule has 4 rings (SSSR count). The number of rotatable bonds is 2. The zero-order chi connectivity index (χ0) is 19.4. The molecule has 27 heavy (non-hydrogen) atoms. The Bertz CT molecular complexity index is 850. The predicted molar refractivity (Wildman–Crippen MR) is 114 cm³/mol. The zero-order valence-electron chi connectivity index (χ0n) is 16.9. The Morgan fingerprint density at radius 1 is 1.26 bits per heavy atom. The molecule has 1 fully saturated rings. The third kappa shape index (κ3) is 2.97. The lowest BCUT2D eigenvalue weighted by molar-refractivity contribution is -0.110. The van der Waals surface area contributed by atoms with Gasteiger partial charge in [-0.1, -0.05) is 68.7 Å². The molecule has 3 atom stereocenters. The lowest BCUT2D eigenvalue weighted by Gasteiger charge is -2.56. The van der Waals surface area contributed by atoms with Gasteiger partial charge in [-0.15, -0.1) is 0 Å². The normalized spacial score (nSPS) is 33.3. The third-order valence-electron chi connectivity index (χ3n) is 7.64. The average molecular weight is 384 g/mol. The molecule has 1 N–H and O–H groups in total. The van der Waals surface area contributed by atoms with Crippen molar-refractivity contribution in [2.24, 2.45) is 22.7 Å². The van der Waals surface area contributed by atoms with Crippen LogP contribution in [0.2, 0.25) is 5.02 Å². The van der Waals surface area contributed by atoms with E-state index in [1.54, 1.807) is 0 Å². The lowest BCUT2D eigenvalue weighted by atomic mass is 9.48. The predicted octanol–water partition coefficient (Wildman–Crippen LogP) is 6.86. The smallest absolute Gasteiger partial charge is 0.256 e. The van der Waals surface area contributed by atoms with Gasteiger partial charge in [-0.05, 0) is 61.3 Å². The quantitative estimate of drug-likeness (QED) is 0.438. The number of halogens is 1. The Hall–Kier alpha value is -1.54. The molecule has 0 unspecified atom stereocenters. The Balaban J connectivity index is 1.67. The molecule has 0 saturated heterocycles. The number of hydrogen-bond acceptors (Lipinski definition) is 1. The summed E-state index contributed by atoms with van der Waals surface area (Å²) in [5.41, 5.74) is 4.67. The highest BCUT2D eigenvalue weighted by Crippen LogP contribution is 2.60. The van der Waals surface area contributed by atoms with Gasteiger partial charge in [0, 0.05) is 11.1 Å². The van der Waals surface area contributed by atoms with Crippen molar-refractivity contribution in [1.82, 2.24) is 0 Å². The van der Waals surface area contributed by atoms with Crippen molar-refractivity contribution < 1.29 is 4.79 Å². The first-order valence-electron chi connectivity index (χ1n) is 10.2. The molecule has 1 aromatic rings. The molecule has 1 saturated carbocycles. The summed E-state index contributed by atoms with van der Waals surface area (Å²) in [4.78, 5) is 12.6. The fraction of sp³-hybridized carbons (Fsp3) is 0.542. The second-order valence-electron chi connectivity index (χ2n) is 9.61. The maximum atomic E-state index is 12.6. The number of hydrogen-bond donors (Lipinski definition) is 1. The van der Waals surface area contributed by atoms with Gasteiger partial charge in [-0.3, -0.25) is 4.79 Å². The van der Waals surface area contributed by atoms with E-state index in [4.69, 9.17) is 11.6 Å². The van der Waals surface area contributed by atoms with Crippen molar-refractivity contribution >= 4 is 28.8 Å². The van der Waals surface area contributed by atoms with Crippen LogP contribution < -0.4 is 5.32 Å². The summed E-state index contributed by atoms with van der Waals surface area (Å²) in [7, 11) is 0. The van der Waals surface area contributed by atoms with Crippen molar-refractivity contribution in [3.63, 3.8) is 0 Å². The summed E-state index contributed by atoms with van der Waals surface area (Å²) >= 11 is 6.27. The Labute approximate surface area is 168 Å². The number of anilines is 1. The van der Waals surface area contributed by atoms with Crippen molar-refractivity contribution in [1.29, 1.82) is 0 Å². The van der Waals surface area contributed by atoms with Gasteiger partial charge in [0.25, 0.3) is 5.91 Å². The standard InChI is InChI=1S/C24H30ClNO/c1-15-9-12-20-23(2,3)13-6-14-24(20,4)18(15)11-10-17-16-7-5-8-19(25)21(16)26-22(17)27/h5,7-10,18,20H,6,11-14H2,1-4H3,(H,26,27)/b17-10+/t18-,20-,24+/m0/s1. The van der Waals surface area contributed by atoms with Crippen LogP contribution in [0.3, 0.4) is 0 Å².